The summed E-state index contributed by atoms with van der Waals surface area (Å²) in [5.74, 6) is -0.0943. The van der Waals surface area contributed by atoms with Gasteiger partial charge >= 0.3 is 5.97 Å². The van der Waals surface area contributed by atoms with E-state index in [4.69, 9.17) is 9.84 Å². The van der Waals surface area contributed by atoms with Crippen molar-refractivity contribution in [3.05, 3.63) is 65.7 Å². The summed E-state index contributed by atoms with van der Waals surface area (Å²) in [5.41, 5.74) is 2.27. The van der Waals surface area contributed by atoms with E-state index in [0.29, 0.717) is 0 Å². The lowest BCUT2D eigenvalue weighted by Crippen LogP contribution is -2.17. The third-order valence-corrected chi connectivity index (χ3v) is 3.00. The van der Waals surface area contributed by atoms with Gasteiger partial charge in [-0.05, 0) is 24.1 Å². The van der Waals surface area contributed by atoms with Crippen molar-refractivity contribution >= 4 is 5.97 Å². The molecule has 104 valence electrons. The van der Waals surface area contributed by atoms with Crippen molar-refractivity contribution < 1.29 is 14.6 Å². The molecular formula is C17H18O3. The fraction of sp³-hybridized carbons (Fsp3) is 0.235. The second-order valence-electron chi connectivity index (χ2n) is 4.80. The highest BCUT2D eigenvalue weighted by molar-refractivity contribution is 5.67. The van der Waals surface area contributed by atoms with Crippen LogP contribution in [0.15, 0.2) is 54.6 Å². The maximum atomic E-state index is 10.7. The number of hydrogen-bond acceptors (Lipinski definition) is 2. The average molecular weight is 270 g/mol. The Balaban J connectivity index is 2.12. The zero-order valence-corrected chi connectivity index (χ0v) is 11.5. The Labute approximate surface area is 118 Å². The second-order valence-corrected chi connectivity index (χ2v) is 4.80. The average Bonchev–Trinajstić information content (AvgIpc) is 2.41. The molecule has 0 aliphatic rings. The maximum Gasteiger partial charge on any atom is 0.307 e. The molecule has 0 unspecified atom stereocenters. The molecule has 2 rings (SSSR count). The molecule has 1 atom stereocenters. The zero-order valence-electron chi connectivity index (χ0n) is 11.5. The summed E-state index contributed by atoms with van der Waals surface area (Å²) in [6.07, 6.45) is 0.431. The van der Waals surface area contributed by atoms with Gasteiger partial charge in [0.05, 0.1) is 6.42 Å². The Morgan fingerprint density at radius 2 is 1.75 bits per heavy atom. The molecule has 0 aliphatic heterocycles. The highest BCUT2D eigenvalue weighted by atomic mass is 16.5. The van der Waals surface area contributed by atoms with Crippen LogP contribution >= 0.6 is 0 Å². The largest absolute Gasteiger partial charge is 0.490 e. The molecule has 0 saturated heterocycles. The van der Waals surface area contributed by atoms with Gasteiger partial charge in [-0.3, -0.25) is 4.79 Å². The number of benzene rings is 2. The van der Waals surface area contributed by atoms with Crippen LogP contribution in [0.5, 0.6) is 5.75 Å². The van der Waals surface area contributed by atoms with Crippen LogP contribution in [0, 0.1) is 0 Å². The van der Waals surface area contributed by atoms with E-state index in [-0.39, 0.29) is 12.5 Å². The van der Waals surface area contributed by atoms with Gasteiger partial charge in [-0.15, -0.1) is 0 Å². The summed E-state index contributed by atoms with van der Waals surface area (Å²) in [5, 5.41) is 8.79. The molecule has 0 heterocycles. The molecule has 0 aromatic heterocycles. The summed E-state index contributed by atoms with van der Waals surface area (Å²) in [6.45, 7) is 1.77. The number of aliphatic carboxylic acids is 1. The van der Waals surface area contributed by atoms with E-state index in [1.165, 1.54) is 5.56 Å². The van der Waals surface area contributed by atoms with Gasteiger partial charge in [0.2, 0.25) is 0 Å². The molecule has 2 aromatic rings. The molecule has 2 aromatic carbocycles. The first-order valence-electron chi connectivity index (χ1n) is 6.65. The van der Waals surface area contributed by atoms with Gasteiger partial charge in [0.15, 0.2) is 0 Å². The smallest absolute Gasteiger partial charge is 0.307 e. The van der Waals surface area contributed by atoms with Crippen molar-refractivity contribution in [2.75, 3.05) is 0 Å². The minimum atomic E-state index is -0.849. The first-order chi connectivity index (χ1) is 9.65. The van der Waals surface area contributed by atoms with Crippen molar-refractivity contribution in [2.24, 2.45) is 0 Å². The van der Waals surface area contributed by atoms with E-state index >= 15 is 0 Å². The van der Waals surface area contributed by atoms with Gasteiger partial charge in [-0.25, -0.2) is 0 Å². The van der Waals surface area contributed by atoms with Crippen LogP contribution < -0.4 is 4.74 Å². The fourth-order valence-electron chi connectivity index (χ4n) is 2.08. The summed E-state index contributed by atoms with van der Waals surface area (Å²) in [6, 6.07) is 17.9. The molecule has 0 fully saturated rings. The Morgan fingerprint density at radius 1 is 1.10 bits per heavy atom. The quantitative estimate of drug-likeness (QED) is 0.873. The molecule has 20 heavy (non-hydrogen) atoms. The van der Waals surface area contributed by atoms with Crippen LogP contribution in [-0.2, 0) is 11.2 Å². The zero-order chi connectivity index (χ0) is 14.4. The highest BCUT2D eigenvalue weighted by Crippen LogP contribution is 2.23. The van der Waals surface area contributed by atoms with E-state index in [9.17, 15) is 4.79 Å². The van der Waals surface area contributed by atoms with E-state index < -0.39 is 5.97 Å². The lowest BCUT2D eigenvalue weighted by molar-refractivity contribution is -0.138. The van der Waals surface area contributed by atoms with Gasteiger partial charge in [0.1, 0.15) is 11.9 Å². The van der Waals surface area contributed by atoms with Crippen LogP contribution in [0.3, 0.4) is 0 Å². The second kappa shape index (κ2) is 6.75. The topological polar surface area (TPSA) is 46.5 Å². The van der Waals surface area contributed by atoms with Crippen LogP contribution in [0.4, 0.5) is 0 Å². The molecule has 0 bridgehead atoms. The maximum absolute atomic E-state index is 10.7. The van der Waals surface area contributed by atoms with Crippen LogP contribution in [0.2, 0.25) is 0 Å². The van der Waals surface area contributed by atoms with Crippen LogP contribution in [0.25, 0.3) is 0 Å². The Kier molecular flexibility index (Phi) is 4.77. The highest BCUT2D eigenvalue weighted by Gasteiger charge is 2.11. The minimum Gasteiger partial charge on any atom is -0.490 e. The number of para-hydroxylation sites is 1. The first kappa shape index (κ1) is 14.1. The van der Waals surface area contributed by atoms with Crippen molar-refractivity contribution in [2.45, 2.75) is 25.9 Å². The van der Waals surface area contributed by atoms with E-state index in [1.807, 2.05) is 42.5 Å². The number of hydrogen-bond donors (Lipinski definition) is 1. The summed E-state index contributed by atoms with van der Waals surface area (Å²) in [4.78, 5) is 10.7. The van der Waals surface area contributed by atoms with Gasteiger partial charge in [-0.1, -0.05) is 48.5 Å². The summed E-state index contributed by atoms with van der Waals surface area (Å²) >= 11 is 0. The Hall–Kier alpha value is -2.29. The predicted molar refractivity (Wildman–Crippen MR) is 78.0 cm³/mol. The minimum absolute atomic E-state index is 0.000326. The molecular weight excluding hydrogens is 252 g/mol. The number of carboxylic acids is 1. The van der Waals surface area contributed by atoms with Crippen molar-refractivity contribution in [3.8, 4) is 5.75 Å². The van der Waals surface area contributed by atoms with Gasteiger partial charge in [-0.2, -0.15) is 0 Å². The third-order valence-electron chi connectivity index (χ3n) is 3.00. The van der Waals surface area contributed by atoms with Gasteiger partial charge in [0, 0.05) is 6.42 Å². The lowest BCUT2D eigenvalue weighted by atomic mass is 10.0. The first-order valence-corrected chi connectivity index (χ1v) is 6.65. The van der Waals surface area contributed by atoms with Gasteiger partial charge in [0.25, 0.3) is 0 Å². The van der Waals surface area contributed by atoms with E-state index in [1.54, 1.807) is 6.92 Å². The van der Waals surface area contributed by atoms with Crippen molar-refractivity contribution in [1.82, 2.24) is 0 Å². The normalized spacial score (nSPS) is 11.8. The summed E-state index contributed by atoms with van der Waals surface area (Å²) < 4.78 is 5.75. The van der Waals surface area contributed by atoms with E-state index in [0.717, 1.165) is 17.7 Å². The number of ether oxygens (including phenoxy) is 1. The number of rotatable bonds is 6. The van der Waals surface area contributed by atoms with E-state index in [2.05, 4.69) is 12.1 Å². The fourth-order valence-corrected chi connectivity index (χ4v) is 2.08. The Morgan fingerprint density at radius 3 is 2.45 bits per heavy atom. The van der Waals surface area contributed by atoms with Crippen molar-refractivity contribution in [3.63, 3.8) is 0 Å². The van der Waals surface area contributed by atoms with Crippen LogP contribution in [-0.4, -0.2) is 17.2 Å². The lowest BCUT2D eigenvalue weighted by Gasteiger charge is -2.16. The van der Waals surface area contributed by atoms with Crippen LogP contribution in [0.1, 0.15) is 24.5 Å². The monoisotopic (exact) mass is 270 g/mol. The Bertz CT molecular complexity index is 563. The standard InChI is InChI=1S/C17H18O3/c1-13(11-17(18)19)20-16-10-6-5-9-15(16)12-14-7-3-2-4-8-14/h2-10,13H,11-12H2,1H3,(H,18,19)/t13-/m1/s1. The molecule has 0 radical (unpaired) electrons. The molecule has 3 nitrogen and oxygen atoms in total. The molecule has 0 aliphatic carbocycles. The molecule has 3 heteroatoms. The number of carbonyl (C=O) groups is 1. The molecule has 0 saturated carbocycles. The number of carboxylic acid groups (broad SMARTS) is 1. The molecule has 0 spiro atoms. The SMILES string of the molecule is C[C@H](CC(=O)O)Oc1ccccc1Cc1ccccc1. The van der Waals surface area contributed by atoms with Gasteiger partial charge < -0.3 is 9.84 Å². The van der Waals surface area contributed by atoms with Crippen molar-refractivity contribution in [1.29, 1.82) is 0 Å². The third kappa shape index (κ3) is 4.12. The molecule has 1 N–H and O–H groups in total. The molecule has 0 amide bonds. The summed E-state index contributed by atoms with van der Waals surface area (Å²) in [7, 11) is 0. The predicted octanol–water partition coefficient (Wildman–Crippen LogP) is 3.52.